The molecule has 0 spiro atoms. The zero-order valence-electron chi connectivity index (χ0n) is 9.27. The number of hydrogen-bond donors (Lipinski definition) is 1. The molecule has 1 aromatic carbocycles. The molecule has 0 bridgehead atoms. The first kappa shape index (κ1) is 10.7. The maximum Gasteiger partial charge on any atom is 0.137 e. The number of anilines is 1. The van der Waals surface area contributed by atoms with Crippen molar-refractivity contribution >= 4 is 11.3 Å². The highest BCUT2D eigenvalue weighted by atomic mass is 19.1. The fourth-order valence-corrected chi connectivity index (χ4v) is 1.87. The van der Waals surface area contributed by atoms with E-state index in [4.69, 9.17) is 5.73 Å². The van der Waals surface area contributed by atoms with Crippen LogP contribution in [0.2, 0.25) is 0 Å². The highest BCUT2D eigenvalue weighted by Crippen LogP contribution is 2.25. The number of fused-ring (bicyclic) bond motifs is 1. The molecule has 2 aromatic heterocycles. The van der Waals surface area contributed by atoms with Crippen molar-refractivity contribution in [3.8, 4) is 11.3 Å². The van der Waals surface area contributed by atoms with Crippen molar-refractivity contribution in [2.24, 2.45) is 0 Å². The topological polar surface area (TPSA) is 43.3 Å². The molecule has 2 heterocycles. The molecule has 3 rings (SSSR count). The number of imidazole rings is 1. The molecule has 0 radical (unpaired) electrons. The van der Waals surface area contributed by atoms with Crippen LogP contribution in [-0.4, -0.2) is 9.38 Å². The number of aromatic nitrogens is 2. The molecular weight excluding hydrogens is 236 g/mol. The van der Waals surface area contributed by atoms with Crippen LogP contribution in [0.25, 0.3) is 16.9 Å². The van der Waals surface area contributed by atoms with E-state index in [1.807, 2.05) is 0 Å². The van der Waals surface area contributed by atoms with Crippen LogP contribution in [0.3, 0.4) is 0 Å². The number of hydrogen-bond acceptors (Lipinski definition) is 2. The van der Waals surface area contributed by atoms with E-state index in [1.54, 1.807) is 28.9 Å². The summed E-state index contributed by atoms with van der Waals surface area (Å²) in [5.74, 6) is -1.27. The van der Waals surface area contributed by atoms with Gasteiger partial charge in [0.15, 0.2) is 0 Å². The number of pyridine rings is 1. The predicted octanol–water partition coefficient (Wildman–Crippen LogP) is 2.86. The fraction of sp³-hybridized carbons (Fsp3) is 0. The van der Waals surface area contributed by atoms with Gasteiger partial charge < -0.3 is 10.1 Å². The van der Waals surface area contributed by atoms with Crippen molar-refractivity contribution in [2.75, 3.05) is 5.73 Å². The molecule has 3 aromatic rings. The van der Waals surface area contributed by atoms with Gasteiger partial charge in [0, 0.05) is 18.1 Å². The molecule has 0 saturated heterocycles. The molecule has 0 aliphatic rings. The third kappa shape index (κ3) is 1.60. The zero-order chi connectivity index (χ0) is 12.7. The highest BCUT2D eigenvalue weighted by Gasteiger charge is 2.14. The average molecular weight is 245 g/mol. The molecule has 18 heavy (non-hydrogen) atoms. The number of nitrogen functional groups attached to an aromatic ring is 1. The molecular formula is C13H9F2N3. The van der Waals surface area contributed by atoms with E-state index in [9.17, 15) is 8.78 Å². The van der Waals surface area contributed by atoms with Gasteiger partial charge in [0.05, 0.1) is 11.3 Å². The lowest BCUT2D eigenvalue weighted by molar-refractivity contribution is 0.589. The molecule has 90 valence electrons. The molecule has 0 aliphatic carbocycles. The zero-order valence-corrected chi connectivity index (χ0v) is 9.27. The van der Waals surface area contributed by atoms with Crippen molar-refractivity contribution in [1.82, 2.24) is 9.38 Å². The Hall–Kier alpha value is -2.43. The van der Waals surface area contributed by atoms with Crippen LogP contribution >= 0.6 is 0 Å². The van der Waals surface area contributed by atoms with Gasteiger partial charge in [0.1, 0.15) is 17.3 Å². The Morgan fingerprint density at radius 1 is 1.00 bits per heavy atom. The number of rotatable bonds is 1. The third-order valence-corrected chi connectivity index (χ3v) is 2.69. The molecule has 2 N–H and O–H groups in total. The van der Waals surface area contributed by atoms with Gasteiger partial charge in [-0.1, -0.05) is 6.07 Å². The van der Waals surface area contributed by atoms with Gasteiger partial charge in [-0.05, 0) is 24.3 Å². The van der Waals surface area contributed by atoms with E-state index in [0.29, 0.717) is 11.3 Å². The first-order valence-corrected chi connectivity index (χ1v) is 5.34. The maximum absolute atomic E-state index is 13.6. The first-order valence-electron chi connectivity index (χ1n) is 5.34. The minimum absolute atomic E-state index is 0.125. The standard InChI is InChI=1S/C13H9F2N3/c14-9-2-1-3-10(15)13(9)11-7-18-6-8(16)4-5-12(18)17-11/h1-7H,16H2. The van der Waals surface area contributed by atoms with Gasteiger partial charge in [-0.15, -0.1) is 0 Å². The van der Waals surface area contributed by atoms with Crippen LogP contribution in [0.15, 0.2) is 42.7 Å². The lowest BCUT2D eigenvalue weighted by Crippen LogP contribution is -1.89. The highest BCUT2D eigenvalue weighted by molar-refractivity contribution is 5.64. The maximum atomic E-state index is 13.6. The number of nitrogens with zero attached hydrogens (tertiary/aromatic N) is 2. The average Bonchev–Trinajstić information content (AvgIpc) is 2.71. The Balaban J connectivity index is 2.26. The Morgan fingerprint density at radius 3 is 2.44 bits per heavy atom. The molecule has 5 heteroatoms. The van der Waals surface area contributed by atoms with E-state index >= 15 is 0 Å². The van der Waals surface area contributed by atoms with Crippen molar-refractivity contribution in [3.05, 3.63) is 54.4 Å². The van der Waals surface area contributed by atoms with Gasteiger partial charge in [-0.3, -0.25) is 0 Å². The summed E-state index contributed by atoms with van der Waals surface area (Å²) in [7, 11) is 0. The van der Waals surface area contributed by atoms with Crippen molar-refractivity contribution in [2.45, 2.75) is 0 Å². The van der Waals surface area contributed by atoms with Crippen molar-refractivity contribution in [1.29, 1.82) is 0 Å². The van der Waals surface area contributed by atoms with Crippen molar-refractivity contribution in [3.63, 3.8) is 0 Å². The van der Waals surface area contributed by atoms with Crippen LogP contribution in [0.1, 0.15) is 0 Å². The summed E-state index contributed by atoms with van der Waals surface area (Å²) in [4.78, 5) is 4.17. The molecule has 0 saturated carbocycles. The second-order valence-corrected chi connectivity index (χ2v) is 3.95. The molecule has 3 nitrogen and oxygen atoms in total. The summed E-state index contributed by atoms with van der Waals surface area (Å²) >= 11 is 0. The SMILES string of the molecule is Nc1ccc2nc(-c3c(F)cccc3F)cn2c1. The monoisotopic (exact) mass is 245 g/mol. The lowest BCUT2D eigenvalue weighted by atomic mass is 10.1. The van der Waals surface area contributed by atoms with Crippen molar-refractivity contribution < 1.29 is 8.78 Å². The van der Waals surface area contributed by atoms with Crippen LogP contribution in [0.4, 0.5) is 14.5 Å². The fourth-order valence-electron chi connectivity index (χ4n) is 1.87. The Bertz CT molecular complexity index is 714. The van der Waals surface area contributed by atoms with Crippen LogP contribution in [0, 0.1) is 11.6 Å². The molecule has 0 fully saturated rings. The normalized spacial score (nSPS) is 11.0. The summed E-state index contributed by atoms with van der Waals surface area (Å²) in [5, 5.41) is 0. The summed E-state index contributed by atoms with van der Waals surface area (Å²) in [6.07, 6.45) is 3.19. The first-order chi connectivity index (χ1) is 8.65. The minimum atomic E-state index is -0.633. The van der Waals surface area contributed by atoms with E-state index in [-0.39, 0.29) is 11.3 Å². The summed E-state index contributed by atoms with van der Waals surface area (Å²) < 4.78 is 28.9. The Labute approximate surface area is 101 Å². The molecule has 0 unspecified atom stereocenters. The summed E-state index contributed by atoms with van der Waals surface area (Å²) in [5.41, 5.74) is 6.90. The van der Waals surface area contributed by atoms with Gasteiger partial charge >= 0.3 is 0 Å². The van der Waals surface area contributed by atoms with Gasteiger partial charge in [0.25, 0.3) is 0 Å². The minimum Gasteiger partial charge on any atom is -0.398 e. The number of benzene rings is 1. The Kier molecular flexibility index (Phi) is 2.26. The molecule has 0 atom stereocenters. The second-order valence-electron chi connectivity index (χ2n) is 3.95. The third-order valence-electron chi connectivity index (χ3n) is 2.69. The van der Waals surface area contributed by atoms with Crippen LogP contribution < -0.4 is 5.73 Å². The van der Waals surface area contributed by atoms with Gasteiger partial charge in [0.2, 0.25) is 0 Å². The summed E-state index contributed by atoms with van der Waals surface area (Å²) in [6, 6.07) is 7.11. The lowest BCUT2D eigenvalue weighted by Gasteiger charge is -1.99. The quantitative estimate of drug-likeness (QED) is 0.716. The van der Waals surface area contributed by atoms with E-state index in [0.717, 1.165) is 0 Å². The number of halogens is 2. The summed E-state index contributed by atoms with van der Waals surface area (Å²) in [6.45, 7) is 0. The second kappa shape index (κ2) is 3.80. The van der Waals surface area contributed by atoms with Gasteiger partial charge in [-0.25, -0.2) is 13.8 Å². The van der Waals surface area contributed by atoms with Crippen LogP contribution in [-0.2, 0) is 0 Å². The number of nitrogens with two attached hydrogens (primary N) is 1. The van der Waals surface area contributed by atoms with E-state index in [2.05, 4.69) is 4.98 Å². The van der Waals surface area contributed by atoms with Crippen LogP contribution in [0.5, 0.6) is 0 Å². The molecule has 0 aliphatic heterocycles. The van der Waals surface area contributed by atoms with Gasteiger partial charge in [-0.2, -0.15) is 0 Å². The Morgan fingerprint density at radius 2 is 1.72 bits per heavy atom. The van der Waals surface area contributed by atoms with E-state index in [1.165, 1.54) is 18.2 Å². The molecule has 0 amide bonds. The smallest absolute Gasteiger partial charge is 0.137 e. The largest absolute Gasteiger partial charge is 0.398 e. The predicted molar refractivity (Wildman–Crippen MR) is 65.0 cm³/mol. The van der Waals surface area contributed by atoms with E-state index < -0.39 is 11.6 Å².